The maximum absolute atomic E-state index is 12.6. The van der Waals surface area contributed by atoms with Crippen LogP contribution in [-0.2, 0) is 12.7 Å². The van der Waals surface area contributed by atoms with Gasteiger partial charge in [-0.3, -0.25) is 4.99 Å². The van der Waals surface area contributed by atoms with Gasteiger partial charge in [0.15, 0.2) is 5.96 Å². The van der Waals surface area contributed by atoms with E-state index in [-0.39, 0.29) is 36.0 Å². The Bertz CT molecular complexity index is 578. The average Bonchev–Trinajstić information content (AvgIpc) is 2.96. The van der Waals surface area contributed by atoms with Crippen molar-refractivity contribution in [1.82, 2.24) is 10.2 Å². The molecule has 2 atom stereocenters. The molecule has 1 aromatic rings. The number of benzene rings is 1. The van der Waals surface area contributed by atoms with Crippen LogP contribution in [0.2, 0.25) is 0 Å². The first kappa shape index (κ1) is 23.0. The standard InChI is InChI=1S/C18H26F3N3O.HI/c1-3-22-17(23-11-14-5-4-6-16(14)25)24(2)12-13-7-9-15(10-8-13)18(19,20)21;/h7-10,14,16,25H,3-6,11-12H2,1-2H3,(H,22,23);1H. The SMILES string of the molecule is CCNC(=NCC1CCCC1O)N(C)Cc1ccc(C(F)(F)F)cc1.I. The molecule has 0 aromatic heterocycles. The number of aliphatic hydroxyl groups excluding tert-OH is 1. The second-order valence-corrected chi connectivity index (χ2v) is 6.50. The molecule has 2 N–H and O–H groups in total. The van der Waals surface area contributed by atoms with Crippen LogP contribution < -0.4 is 5.32 Å². The highest BCUT2D eigenvalue weighted by Crippen LogP contribution is 2.29. The van der Waals surface area contributed by atoms with Gasteiger partial charge in [0.1, 0.15) is 0 Å². The van der Waals surface area contributed by atoms with Crippen molar-refractivity contribution in [2.24, 2.45) is 10.9 Å². The lowest BCUT2D eigenvalue weighted by Crippen LogP contribution is -2.39. The molecule has 1 aliphatic rings. The van der Waals surface area contributed by atoms with Gasteiger partial charge in [-0.05, 0) is 37.5 Å². The van der Waals surface area contributed by atoms with Crippen molar-refractivity contribution in [3.63, 3.8) is 0 Å². The van der Waals surface area contributed by atoms with Gasteiger partial charge in [0.05, 0.1) is 11.7 Å². The Morgan fingerprint density at radius 1 is 1.27 bits per heavy atom. The molecule has 0 saturated heterocycles. The van der Waals surface area contributed by atoms with Crippen LogP contribution >= 0.6 is 24.0 Å². The van der Waals surface area contributed by atoms with Crippen molar-refractivity contribution in [3.05, 3.63) is 35.4 Å². The van der Waals surface area contributed by atoms with Gasteiger partial charge in [0, 0.05) is 32.6 Å². The predicted octanol–water partition coefficient (Wildman–Crippen LogP) is 3.88. The summed E-state index contributed by atoms with van der Waals surface area (Å²) in [4.78, 5) is 6.47. The van der Waals surface area contributed by atoms with Gasteiger partial charge in [-0.25, -0.2) is 0 Å². The molecule has 0 spiro atoms. The maximum Gasteiger partial charge on any atom is 0.416 e. The molecule has 26 heavy (non-hydrogen) atoms. The highest BCUT2D eigenvalue weighted by molar-refractivity contribution is 14.0. The van der Waals surface area contributed by atoms with Crippen LogP contribution in [-0.4, -0.2) is 42.2 Å². The molecule has 1 aromatic carbocycles. The van der Waals surface area contributed by atoms with Crippen molar-refractivity contribution in [1.29, 1.82) is 0 Å². The summed E-state index contributed by atoms with van der Waals surface area (Å²) in [5.74, 6) is 0.884. The minimum Gasteiger partial charge on any atom is -0.393 e. The van der Waals surface area contributed by atoms with E-state index >= 15 is 0 Å². The fourth-order valence-electron chi connectivity index (χ4n) is 3.05. The molecule has 1 fully saturated rings. The number of hydrogen-bond donors (Lipinski definition) is 2. The number of guanidine groups is 1. The third-order valence-electron chi connectivity index (χ3n) is 4.49. The van der Waals surface area contributed by atoms with E-state index < -0.39 is 11.7 Å². The quantitative estimate of drug-likeness (QED) is 0.378. The second-order valence-electron chi connectivity index (χ2n) is 6.50. The van der Waals surface area contributed by atoms with E-state index in [1.54, 1.807) is 0 Å². The summed E-state index contributed by atoms with van der Waals surface area (Å²) in [7, 11) is 1.85. The minimum atomic E-state index is -4.32. The number of halogens is 4. The normalized spacial score (nSPS) is 20.6. The van der Waals surface area contributed by atoms with E-state index in [9.17, 15) is 18.3 Å². The lowest BCUT2D eigenvalue weighted by atomic mass is 10.1. The molecule has 2 rings (SSSR count). The van der Waals surface area contributed by atoms with E-state index in [2.05, 4.69) is 10.3 Å². The molecule has 0 bridgehead atoms. The fraction of sp³-hybridized carbons (Fsp3) is 0.611. The van der Waals surface area contributed by atoms with Crippen LogP contribution in [0.4, 0.5) is 13.2 Å². The smallest absolute Gasteiger partial charge is 0.393 e. The Morgan fingerprint density at radius 3 is 2.42 bits per heavy atom. The molecule has 0 aliphatic heterocycles. The lowest BCUT2D eigenvalue weighted by Gasteiger charge is -2.23. The molecule has 4 nitrogen and oxygen atoms in total. The minimum absolute atomic E-state index is 0. The number of hydrogen-bond acceptors (Lipinski definition) is 2. The van der Waals surface area contributed by atoms with Crippen molar-refractivity contribution >= 4 is 29.9 Å². The summed E-state index contributed by atoms with van der Waals surface area (Å²) < 4.78 is 37.9. The largest absolute Gasteiger partial charge is 0.416 e. The van der Waals surface area contributed by atoms with E-state index in [1.165, 1.54) is 12.1 Å². The summed E-state index contributed by atoms with van der Waals surface area (Å²) in [5, 5.41) is 13.1. The maximum atomic E-state index is 12.6. The van der Waals surface area contributed by atoms with Gasteiger partial charge in [0.2, 0.25) is 0 Å². The first-order valence-electron chi connectivity index (χ1n) is 8.65. The van der Waals surface area contributed by atoms with Crippen molar-refractivity contribution in [2.45, 2.75) is 45.0 Å². The highest BCUT2D eigenvalue weighted by atomic mass is 127. The Morgan fingerprint density at radius 2 is 1.92 bits per heavy atom. The van der Waals surface area contributed by atoms with E-state index in [1.807, 2.05) is 18.9 Å². The Balaban J connectivity index is 0.00000338. The van der Waals surface area contributed by atoms with Crippen LogP contribution in [0.1, 0.15) is 37.3 Å². The number of alkyl halides is 3. The zero-order chi connectivity index (χ0) is 18.4. The lowest BCUT2D eigenvalue weighted by molar-refractivity contribution is -0.137. The van der Waals surface area contributed by atoms with Crippen LogP contribution in [0.3, 0.4) is 0 Å². The van der Waals surface area contributed by atoms with Gasteiger partial charge in [-0.2, -0.15) is 13.2 Å². The molecule has 0 amide bonds. The monoisotopic (exact) mass is 485 g/mol. The van der Waals surface area contributed by atoms with Crippen molar-refractivity contribution in [3.8, 4) is 0 Å². The van der Waals surface area contributed by atoms with Crippen LogP contribution in [0.25, 0.3) is 0 Å². The fourth-order valence-corrected chi connectivity index (χ4v) is 3.05. The molecular formula is C18H27F3IN3O. The second kappa shape index (κ2) is 10.3. The zero-order valence-corrected chi connectivity index (χ0v) is 17.4. The van der Waals surface area contributed by atoms with Crippen molar-refractivity contribution < 1.29 is 18.3 Å². The van der Waals surface area contributed by atoms with E-state index in [0.29, 0.717) is 25.6 Å². The predicted molar refractivity (Wildman–Crippen MR) is 108 cm³/mol. The summed E-state index contributed by atoms with van der Waals surface area (Å²) in [6.45, 7) is 3.67. The van der Waals surface area contributed by atoms with Gasteiger partial charge in [-0.1, -0.05) is 18.6 Å². The molecule has 148 valence electrons. The van der Waals surface area contributed by atoms with Gasteiger partial charge in [-0.15, -0.1) is 24.0 Å². The van der Waals surface area contributed by atoms with Gasteiger partial charge < -0.3 is 15.3 Å². The first-order valence-corrected chi connectivity index (χ1v) is 8.65. The van der Waals surface area contributed by atoms with Crippen LogP contribution in [0, 0.1) is 5.92 Å². The topological polar surface area (TPSA) is 47.9 Å². The van der Waals surface area contributed by atoms with E-state index in [4.69, 9.17) is 0 Å². The Kier molecular flexibility index (Phi) is 9.15. The zero-order valence-electron chi connectivity index (χ0n) is 15.1. The summed E-state index contributed by atoms with van der Waals surface area (Å²) in [6, 6.07) is 5.18. The summed E-state index contributed by atoms with van der Waals surface area (Å²) in [6.07, 6.45) is -1.76. The number of nitrogens with zero attached hydrogens (tertiary/aromatic N) is 2. The molecule has 1 saturated carbocycles. The molecule has 0 heterocycles. The van der Waals surface area contributed by atoms with Gasteiger partial charge in [0.25, 0.3) is 0 Å². The number of nitrogens with one attached hydrogen (secondary N) is 1. The first-order chi connectivity index (χ1) is 11.8. The molecular weight excluding hydrogens is 458 g/mol. The third-order valence-corrected chi connectivity index (χ3v) is 4.49. The van der Waals surface area contributed by atoms with E-state index in [0.717, 1.165) is 37.0 Å². The van der Waals surface area contributed by atoms with Gasteiger partial charge >= 0.3 is 6.18 Å². The number of rotatable bonds is 5. The Labute approximate surface area is 169 Å². The van der Waals surface area contributed by atoms with Crippen LogP contribution in [0.15, 0.2) is 29.3 Å². The molecule has 0 radical (unpaired) electrons. The third kappa shape index (κ3) is 6.61. The van der Waals surface area contributed by atoms with Crippen molar-refractivity contribution in [2.75, 3.05) is 20.1 Å². The Hall–Kier alpha value is -1.03. The number of aliphatic imine (C=N–C) groups is 1. The molecule has 2 unspecified atom stereocenters. The molecule has 8 heteroatoms. The summed E-state index contributed by atoms with van der Waals surface area (Å²) in [5.41, 5.74) is 0.136. The average molecular weight is 485 g/mol. The summed E-state index contributed by atoms with van der Waals surface area (Å²) >= 11 is 0. The highest BCUT2D eigenvalue weighted by Gasteiger charge is 2.30. The molecule has 1 aliphatic carbocycles. The van der Waals surface area contributed by atoms with Crippen LogP contribution in [0.5, 0.6) is 0 Å². The number of aliphatic hydroxyl groups is 1.